The van der Waals surface area contributed by atoms with Crippen LogP contribution in [0.3, 0.4) is 0 Å². The van der Waals surface area contributed by atoms with Crippen LogP contribution < -0.4 is 9.47 Å². The second kappa shape index (κ2) is 10.1. The minimum atomic E-state index is -2.77. The van der Waals surface area contributed by atoms with E-state index >= 15 is 0 Å². The summed E-state index contributed by atoms with van der Waals surface area (Å²) in [6.45, 7) is 0.654. The number of rotatable bonds is 7. The molecule has 5 atom stereocenters. The summed E-state index contributed by atoms with van der Waals surface area (Å²) < 4.78 is 17.1. The van der Waals surface area contributed by atoms with E-state index in [1.807, 2.05) is 24.3 Å². The Morgan fingerprint density at radius 3 is 2.54 bits per heavy atom. The van der Waals surface area contributed by atoms with Crippen LogP contribution in [0.25, 0.3) is 10.9 Å². The summed E-state index contributed by atoms with van der Waals surface area (Å²) in [4.78, 5) is 13.1. The Labute approximate surface area is 204 Å². The molecule has 0 radical (unpaired) electrons. The van der Waals surface area contributed by atoms with Crippen molar-refractivity contribution in [2.75, 3.05) is 13.7 Å². The van der Waals surface area contributed by atoms with Crippen molar-refractivity contribution in [1.29, 1.82) is 0 Å². The van der Waals surface area contributed by atoms with Crippen LogP contribution in [-0.4, -0.2) is 85.3 Å². The van der Waals surface area contributed by atoms with Gasteiger partial charge in [0.2, 0.25) is 12.2 Å². The van der Waals surface area contributed by atoms with Gasteiger partial charge < -0.3 is 39.7 Å². The lowest BCUT2D eigenvalue weighted by molar-refractivity contribution is -0.385. The number of aliphatic hydroxyl groups excluding tert-OH is 4. The van der Waals surface area contributed by atoms with Gasteiger partial charge >= 0.3 is 0 Å². The van der Waals surface area contributed by atoms with Gasteiger partial charge in [-0.25, -0.2) is 0 Å². The molecule has 3 aromatic rings. The average Bonchev–Trinajstić information content (AvgIpc) is 3.24. The first kappa shape index (κ1) is 25.4. The number of aliphatic hydroxyl groups is 5. The molecule has 0 unspecified atom stereocenters. The molecule has 1 aliphatic heterocycles. The number of carbonyl (C=O) groups excluding carboxylic acids is 1. The molecular formula is C23H26N2O9S. The van der Waals surface area contributed by atoms with Gasteiger partial charge in [-0.05, 0) is 36.4 Å². The van der Waals surface area contributed by atoms with Crippen LogP contribution in [0.4, 0.5) is 0 Å². The van der Waals surface area contributed by atoms with E-state index in [-0.39, 0.29) is 11.7 Å². The van der Waals surface area contributed by atoms with Crippen LogP contribution >= 0.6 is 11.8 Å². The molecule has 12 heteroatoms. The topological polar surface area (TPSA) is 164 Å². The lowest BCUT2D eigenvalue weighted by atomic mass is 9.96. The Morgan fingerprint density at radius 2 is 1.91 bits per heavy atom. The normalized spacial score (nSPS) is 26.6. The summed E-state index contributed by atoms with van der Waals surface area (Å²) in [7, 11) is 1.58. The molecule has 11 nitrogen and oxygen atoms in total. The molecule has 1 saturated heterocycles. The van der Waals surface area contributed by atoms with E-state index in [0.717, 1.165) is 4.90 Å². The van der Waals surface area contributed by atoms with E-state index in [1.165, 1.54) is 29.4 Å². The smallest absolute Gasteiger partial charge is 0.288 e. The predicted octanol–water partition coefficient (Wildman–Crippen LogP) is 0.496. The molecule has 188 valence electrons. The zero-order chi connectivity index (χ0) is 25.3. The zero-order valence-electron chi connectivity index (χ0n) is 18.9. The van der Waals surface area contributed by atoms with Crippen molar-refractivity contribution in [3.05, 3.63) is 48.2 Å². The fourth-order valence-electron chi connectivity index (χ4n) is 3.84. The lowest BCUT2D eigenvalue weighted by Crippen LogP contribution is -2.69. The van der Waals surface area contributed by atoms with Gasteiger partial charge in [0.15, 0.2) is 6.10 Å². The Kier molecular flexibility index (Phi) is 7.33. The average molecular weight is 507 g/mol. The molecule has 0 bridgehead atoms. The number of benzene rings is 2. The van der Waals surface area contributed by atoms with Crippen molar-refractivity contribution in [2.24, 2.45) is 0 Å². The third-order valence-electron chi connectivity index (χ3n) is 5.71. The Hall–Kier alpha value is -2.71. The molecule has 5 N–H and O–H groups in total. The number of hydrogen-bond donors (Lipinski definition) is 5. The maximum absolute atomic E-state index is 12.2. The highest BCUT2D eigenvalue weighted by Gasteiger charge is 2.57. The maximum atomic E-state index is 12.2. The Bertz CT molecular complexity index is 1200. The van der Waals surface area contributed by atoms with Gasteiger partial charge in [0.1, 0.15) is 23.7 Å². The molecule has 35 heavy (non-hydrogen) atoms. The first-order valence-corrected chi connectivity index (χ1v) is 11.7. The van der Waals surface area contributed by atoms with Crippen LogP contribution in [0.5, 0.6) is 11.5 Å². The first-order valence-electron chi connectivity index (χ1n) is 10.7. The number of methoxy groups -OCH3 is 1. The molecule has 4 rings (SSSR count). The van der Waals surface area contributed by atoms with Crippen LogP contribution in [-0.2, 0) is 10.5 Å². The molecular weight excluding hydrogens is 480 g/mol. The van der Waals surface area contributed by atoms with Crippen LogP contribution in [0.1, 0.15) is 17.4 Å². The quantitative estimate of drug-likeness (QED) is 0.224. The number of nitrogens with zero attached hydrogens (tertiary/aromatic N) is 2. The third-order valence-corrected chi connectivity index (χ3v) is 6.74. The third kappa shape index (κ3) is 4.74. The lowest BCUT2D eigenvalue weighted by Gasteiger charge is -2.45. The van der Waals surface area contributed by atoms with E-state index in [2.05, 4.69) is 5.10 Å². The molecule has 1 aromatic heterocycles. The van der Waals surface area contributed by atoms with Gasteiger partial charge in [0.25, 0.3) is 5.79 Å². The number of carbonyl (C=O) groups is 1. The molecule has 0 spiro atoms. The molecule has 0 aliphatic carbocycles. The fourth-order valence-corrected chi connectivity index (χ4v) is 4.67. The van der Waals surface area contributed by atoms with Gasteiger partial charge in [-0.3, -0.25) is 4.79 Å². The predicted molar refractivity (Wildman–Crippen MR) is 124 cm³/mol. The fraction of sp³-hybridized carbons (Fsp3) is 0.391. The van der Waals surface area contributed by atoms with Crippen molar-refractivity contribution < 1.29 is 44.5 Å². The van der Waals surface area contributed by atoms with Crippen molar-refractivity contribution in [3.8, 4) is 11.5 Å². The molecule has 2 heterocycles. The first-order chi connectivity index (χ1) is 16.7. The number of hydrogen-bond acceptors (Lipinski definition) is 11. The summed E-state index contributed by atoms with van der Waals surface area (Å²) in [5.41, 5.74) is 0.836. The molecule has 2 aromatic carbocycles. The summed E-state index contributed by atoms with van der Waals surface area (Å²) >= 11 is 1.44. The van der Waals surface area contributed by atoms with Gasteiger partial charge in [0.05, 0.1) is 30.3 Å². The van der Waals surface area contributed by atoms with Gasteiger partial charge in [-0.2, -0.15) is 9.78 Å². The van der Waals surface area contributed by atoms with Crippen LogP contribution in [0, 0.1) is 0 Å². The zero-order valence-corrected chi connectivity index (χ0v) is 19.8. The molecule has 1 fully saturated rings. The van der Waals surface area contributed by atoms with Gasteiger partial charge in [-0.15, -0.1) is 11.8 Å². The van der Waals surface area contributed by atoms with Crippen molar-refractivity contribution in [1.82, 2.24) is 9.78 Å². The maximum Gasteiger partial charge on any atom is 0.288 e. The minimum absolute atomic E-state index is 0.000760. The largest absolute Gasteiger partial charge is 0.497 e. The van der Waals surface area contributed by atoms with Crippen molar-refractivity contribution in [2.45, 2.75) is 48.0 Å². The van der Waals surface area contributed by atoms with Crippen LogP contribution in [0.2, 0.25) is 0 Å². The number of ether oxygens (including phenoxy) is 3. The SMILES string of the molecule is COc1ccc(SCc2nn(C(C)=O)c3cccc(O[C@]4(O)[C@@H](O)O[C@H](CO)[C@@H](O)[C@@H]4O)c23)cc1. The van der Waals surface area contributed by atoms with E-state index in [1.54, 1.807) is 19.2 Å². The van der Waals surface area contributed by atoms with Gasteiger partial charge in [0, 0.05) is 17.6 Å². The second-order valence-electron chi connectivity index (χ2n) is 7.99. The standard InChI is InChI=1S/C23H26N2O9S/c1-12(27)25-16-4-3-5-17(34-23(31)21(29)20(28)18(10-26)33-22(23)30)19(16)15(24-25)11-35-14-8-6-13(32-2)7-9-14/h3-9,18,20-22,26,28-31H,10-11H2,1-2H3/t18-,20-,21+,22+,23+/m1/s1. The van der Waals surface area contributed by atoms with Crippen molar-refractivity contribution in [3.63, 3.8) is 0 Å². The van der Waals surface area contributed by atoms with E-state index in [0.29, 0.717) is 28.1 Å². The highest BCUT2D eigenvalue weighted by Crippen LogP contribution is 2.38. The molecule has 1 aliphatic rings. The molecule has 0 amide bonds. The molecule has 0 saturated carbocycles. The highest BCUT2D eigenvalue weighted by atomic mass is 32.2. The summed E-state index contributed by atoms with van der Waals surface area (Å²) in [5, 5.41) is 56.1. The summed E-state index contributed by atoms with van der Waals surface area (Å²) in [6.07, 6.45) is -7.17. The van der Waals surface area contributed by atoms with Crippen LogP contribution in [0.15, 0.2) is 47.4 Å². The van der Waals surface area contributed by atoms with E-state index < -0.39 is 37.0 Å². The number of fused-ring (bicyclic) bond motifs is 1. The summed E-state index contributed by atoms with van der Waals surface area (Å²) in [6, 6.07) is 12.0. The van der Waals surface area contributed by atoms with Gasteiger partial charge in [-0.1, -0.05) is 6.07 Å². The summed E-state index contributed by atoms with van der Waals surface area (Å²) in [5.74, 6) is -2.09. The second-order valence-corrected chi connectivity index (χ2v) is 9.04. The monoisotopic (exact) mass is 506 g/mol. The van der Waals surface area contributed by atoms with E-state index in [9.17, 15) is 30.3 Å². The number of aromatic nitrogens is 2. The Balaban J connectivity index is 1.71. The van der Waals surface area contributed by atoms with E-state index in [4.69, 9.17) is 14.2 Å². The van der Waals surface area contributed by atoms with Crippen molar-refractivity contribution >= 4 is 28.6 Å². The number of thioether (sulfide) groups is 1. The minimum Gasteiger partial charge on any atom is -0.497 e. The Morgan fingerprint density at radius 1 is 1.20 bits per heavy atom. The highest BCUT2D eigenvalue weighted by molar-refractivity contribution is 7.98.